The van der Waals surface area contributed by atoms with E-state index in [9.17, 15) is 0 Å². The molecule has 1 fully saturated rings. The Kier molecular flexibility index (Phi) is 4.69. The van der Waals surface area contributed by atoms with Crippen LogP contribution in [0.1, 0.15) is 18.9 Å². The minimum absolute atomic E-state index is 0.631. The van der Waals surface area contributed by atoms with Crippen LogP contribution in [0.5, 0.6) is 0 Å². The van der Waals surface area contributed by atoms with Gasteiger partial charge in [0.05, 0.1) is 0 Å². The molecule has 0 spiro atoms. The molecule has 1 unspecified atom stereocenters. The van der Waals surface area contributed by atoms with Gasteiger partial charge in [-0.3, -0.25) is 4.90 Å². The summed E-state index contributed by atoms with van der Waals surface area (Å²) in [5.74, 6) is 0. The van der Waals surface area contributed by atoms with Crippen LogP contribution in [0, 0.1) is 0 Å². The predicted octanol–water partition coefficient (Wildman–Crippen LogP) is 3.18. The van der Waals surface area contributed by atoms with Gasteiger partial charge in [0, 0.05) is 29.2 Å². The Labute approximate surface area is 113 Å². The largest absolute Gasteiger partial charge is 0.315 e. The summed E-state index contributed by atoms with van der Waals surface area (Å²) in [7, 11) is 0. The van der Waals surface area contributed by atoms with Crippen molar-refractivity contribution in [2.24, 2.45) is 0 Å². The smallest absolute Gasteiger partial charge is 0.0465 e. The number of rotatable bonds is 4. The van der Waals surface area contributed by atoms with Gasteiger partial charge in [0.15, 0.2) is 0 Å². The molecule has 17 heavy (non-hydrogen) atoms. The van der Waals surface area contributed by atoms with Gasteiger partial charge in [-0.25, -0.2) is 0 Å². The molecule has 1 saturated heterocycles. The summed E-state index contributed by atoms with van der Waals surface area (Å²) in [6.07, 6.45) is 1.22. The standard InChI is InChI=1S/C13H18Cl2N2/c1-2-17(12-5-6-16-8-12)9-10-3-4-11(14)7-13(10)15/h3-4,7,12,16H,2,5-6,8-9H2,1H3. The zero-order valence-electron chi connectivity index (χ0n) is 10.0. The van der Waals surface area contributed by atoms with Crippen LogP contribution >= 0.6 is 23.2 Å². The maximum Gasteiger partial charge on any atom is 0.0465 e. The quantitative estimate of drug-likeness (QED) is 0.906. The van der Waals surface area contributed by atoms with Crippen LogP contribution in [0.25, 0.3) is 0 Å². The molecule has 0 amide bonds. The number of hydrogen-bond donors (Lipinski definition) is 1. The minimum Gasteiger partial charge on any atom is -0.315 e. The molecule has 1 atom stereocenters. The summed E-state index contributed by atoms with van der Waals surface area (Å²) in [6, 6.07) is 6.38. The van der Waals surface area contributed by atoms with E-state index in [1.165, 1.54) is 6.42 Å². The number of benzene rings is 1. The first-order valence-corrected chi connectivity index (χ1v) is 6.85. The third-order valence-electron chi connectivity index (χ3n) is 3.35. The van der Waals surface area contributed by atoms with E-state index in [1.807, 2.05) is 18.2 Å². The third-order valence-corrected chi connectivity index (χ3v) is 3.93. The van der Waals surface area contributed by atoms with Gasteiger partial charge in [0.2, 0.25) is 0 Å². The van der Waals surface area contributed by atoms with Crippen LogP contribution < -0.4 is 5.32 Å². The van der Waals surface area contributed by atoms with Crippen molar-refractivity contribution in [2.45, 2.75) is 25.9 Å². The Morgan fingerprint density at radius 1 is 1.41 bits per heavy atom. The van der Waals surface area contributed by atoms with Gasteiger partial charge >= 0.3 is 0 Å². The number of hydrogen-bond acceptors (Lipinski definition) is 2. The van der Waals surface area contributed by atoms with Crippen molar-refractivity contribution in [2.75, 3.05) is 19.6 Å². The van der Waals surface area contributed by atoms with Gasteiger partial charge < -0.3 is 5.32 Å². The Morgan fingerprint density at radius 2 is 2.24 bits per heavy atom. The maximum absolute atomic E-state index is 6.21. The van der Waals surface area contributed by atoms with E-state index >= 15 is 0 Å². The fourth-order valence-electron chi connectivity index (χ4n) is 2.32. The molecule has 4 heteroatoms. The predicted molar refractivity (Wildman–Crippen MR) is 73.8 cm³/mol. The molecular formula is C13H18Cl2N2. The lowest BCUT2D eigenvalue weighted by Crippen LogP contribution is -2.36. The molecule has 0 aromatic heterocycles. The topological polar surface area (TPSA) is 15.3 Å². The second-order valence-electron chi connectivity index (χ2n) is 4.45. The van der Waals surface area contributed by atoms with Crippen LogP contribution in [0.3, 0.4) is 0 Å². The fraction of sp³-hybridized carbons (Fsp3) is 0.538. The highest BCUT2D eigenvalue weighted by molar-refractivity contribution is 6.35. The molecule has 1 aromatic rings. The highest BCUT2D eigenvalue weighted by Crippen LogP contribution is 2.23. The highest BCUT2D eigenvalue weighted by Gasteiger charge is 2.21. The average molecular weight is 273 g/mol. The van der Waals surface area contributed by atoms with Gasteiger partial charge in [-0.1, -0.05) is 36.2 Å². The summed E-state index contributed by atoms with van der Waals surface area (Å²) in [5, 5.41) is 4.86. The van der Waals surface area contributed by atoms with E-state index in [-0.39, 0.29) is 0 Å². The molecule has 0 saturated carbocycles. The van der Waals surface area contributed by atoms with E-state index in [1.54, 1.807) is 0 Å². The van der Waals surface area contributed by atoms with E-state index in [4.69, 9.17) is 23.2 Å². The van der Waals surface area contributed by atoms with Crippen LogP contribution in [0.15, 0.2) is 18.2 Å². The first-order valence-electron chi connectivity index (χ1n) is 6.09. The maximum atomic E-state index is 6.21. The molecule has 0 aliphatic carbocycles. The monoisotopic (exact) mass is 272 g/mol. The normalized spacial score (nSPS) is 20.1. The molecule has 1 aromatic carbocycles. The Balaban J connectivity index is 2.06. The van der Waals surface area contributed by atoms with Crippen LogP contribution in [-0.2, 0) is 6.54 Å². The summed E-state index contributed by atoms with van der Waals surface area (Å²) in [5.41, 5.74) is 1.16. The number of halogens is 2. The zero-order chi connectivity index (χ0) is 12.3. The van der Waals surface area contributed by atoms with Crippen LogP contribution in [0.4, 0.5) is 0 Å². The molecule has 1 aliphatic rings. The van der Waals surface area contributed by atoms with Gasteiger partial charge in [0.1, 0.15) is 0 Å². The lowest BCUT2D eigenvalue weighted by molar-refractivity contribution is 0.210. The van der Waals surface area contributed by atoms with Gasteiger partial charge in [-0.05, 0) is 37.2 Å². The van der Waals surface area contributed by atoms with E-state index in [2.05, 4.69) is 17.1 Å². The molecule has 0 bridgehead atoms. The van der Waals surface area contributed by atoms with Crippen molar-refractivity contribution in [1.82, 2.24) is 10.2 Å². The van der Waals surface area contributed by atoms with Crippen molar-refractivity contribution < 1.29 is 0 Å². The summed E-state index contributed by atoms with van der Waals surface area (Å²) in [6.45, 7) is 6.35. The number of nitrogens with zero attached hydrogens (tertiary/aromatic N) is 1. The third kappa shape index (κ3) is 3.35. The molecule has 2 nitrogen and oxygen atoms in total. The van der Waals surface area contributed by atoms with Crippen LogP contribution in [-0.4, -0.2) is 30.6 Å². The molecule has 0 radical (unpaired) electrons. The number of nitrogens with one attached hydrogen (secondary N) is 1. The zero-order valence-corrected chi connectivity index (χ0v) is 11.6. The molecular weight excluding hydrogens is 255 g/mol. The van der Waals surface area contributed by atoms with E-state index < -0.39 is 0 Å². The van der Waals surface area contributed by atoms with E-state index in [0.717, 1.165) is 36.8 Å². The Morgan fingerprint density at radius 3 is 2.82 bits per heavy atom. The average Bonchev–Trinajstić information content (AvgIpc) is 2.81. The SMILES string of the molecule is CCN(Cc1ccc(Cl)cc1Cl)C1CCNC1. The molecule has 94 valence electrons. The Bertz CT molecular complexity index is 376. The molecule has 1 N–H and O–H groups in total. The first kappa shape index (κ1) is 13.2. The lowest BCUT2D eigenvalue weighted by atomic mass is 10.1. The summed E-state index contributed by atoms with van der Waals surface area (Å²) in [4.78, 5) is 2.47. The van der Waals surface area contributed by atoms with Gasteiger partial charge in [0.25, 0.3) is 0 Å². The van der Waals surface area contributed by atoms with Crippen molar-refractivity contribution >= 4 is 23.2 Å². The van der Waals surface area contributed by atoms with Gasteiger partial charge in [-0.15, -0.1) is 0 Å². The summed E-state index contributed by atoms with van der Waals surface area (Å²) < 4.78 is 0. The highest BCUT2D eigenvalue weighted by atomic mass is 35.5. The van der Waals surface area contributed by atoms with Crippen molar-refractivity contribution in [3.63, 3.8) is 0 Å². The fourth-order valence-corrected chi connectivity index (χ4v) is 2.79. The van der Waals surface area contributed by atoms with Crippen molar-refractivity contribution in [1.29, 1.82) is 0 Å². The Hall–Kier alpha value is -0.280. The lowest BCUT2D eigenvalue weighted by Gasteiger charge is -2.27. The number of likely N-dealkylation sites (N-methyl/N-ethyl adjacent to an activating group) is 1. The molecule has 1 aliphatic heterocycles. The first-order chi connectivity index (χ1) is 8.20. The minimum atomic E-state index is 0.631. The van der Waals surface area contributed by atoms with Crippen molar-refractivity contribution in [3.05, 3.63) is 33.8 Å². The van der Waals surface area contributed by atoms with Gasteiger partial charge in [-0.2, -0.15) is 0 Å². The van der Waals surface area contributed by atoms with Crippen molar-refractivity contribution in [3.8, 4) is 0 Å². The second kappa shape index (κ2) is 6.05. The molecule has 1 heterocycles. The van der Waals surface area contributed by atoms with E-state index in [0.29, 0.717) is 11.1 Å². The second-order valence-corrected chi connectivity index (χ2v) is 5.29. The molecule has 2 rings (SSSR count). The summed E-state index contributed by atoms with van der Waals surface area (Å²) >= 11 is 12.1. The van der Waals surface area contributed by atoms with Crippen LogP contribution in [0.2, 0.25) is 10.0 Å².